The summed E-state index contributed by atoms with van der Waals surface area (Å²) >= 11 is 0. The van der Waals surface area contributed by atoms with Gasteiger partial charge in [-0.1, -0.05) is 44.9 Å². The van der Waals surface area contributed by atoms with Gasteiger partial charge in [0.05, 0.1) is 6.54 Å². The lowest BCUT2D eigenvalue weighted by Crippen LogP contribution is -2.50. The summed E-state index contributed by atoms with van der Waals surface area (Å²) < 4.78 is 6.00. The van der Waals surface area contributed by atoms with Gasteiger partial charge in [-0.15, -0.1) is 24.0 Å². The molecule has 0 atom stereocenters. The minimum atomic E-state index is 0. The summed E-state index contributed by atoms with van der Waals surface area (Å²) in [5.74, 6) is 2.34. The van der Waals surface area contributed by atoms with Crippen molar-refractivity contribution in [3.05, 3.63) is 29.8 Å². The quantitative estimate of drug-likeness (QED) is 0.246. The number of likely N-dealkylation sites (tertiary alicyclic amines) is 1. The number of benzene rings is 1. The summed E-state index contributed by atoms with van der Waals surface area (Å²) in [6.45, 7) is 8.20. The summed E-state index contributed by atoms with van der Waals surface area (Å²) in [6, 6.07) is 9.68. The molecule has 2 aliphatic rings. The van der Waals surface area contributed by atoms with Crippen LogP contribution in [-0.2, 0) is 0 Å². The van der Waals surface area contributed by atoms with Gasteiger partial charge >= 0.3 is 0 Å². The molecule has 3 rings (SSSR count). The molecule has 164 valence electrons. The van der Waals surface area contributed by atoms with Gasteiger partial charge in [0.25, 0.3) is 0 Å². The Morgan fingerprint density at radius 3 is 2.48 bits per heavy atom. The molecule has 0 bridgehead atoms. The van der Waals surface area contributed by atoms with Crippen LogP contribution in [0.4, 0.5) is 0 Å². The van der Waals surface area contributed by atoms with Crippen LogP contribution >= 0.6 is 24.0 Å². The van der Waals surface area contributed by atoms with Crippen molar-refractivity contribution >= 4 is 29.9 Å². The van der Waals surface area contributed by atoms with Crippen molar-refractivity contribution in [1.29, 1.82) is 0 Å². The lowest BCUT2D eigenvalue weighted by Gasteiger charge is -2.36. The molecule has 1 saturated carbocycles. The molecule has 0 unspecified atom stereocenters. The molecule has 0 spiro atoms. The maximum atomic E-state index is 6.00. The van der Waals surface area contributed by atoms with E-state index in [9.17, 15) is 0 Å². The zero-order valence-electron chi connectivity index (χ0n) is 18.3. The monoisotopic (exact) mass is 514 g/mol. The number of piperidine rings is 1. The Balaban J connectivity index is 0.00000300. The molecule has 1 aliphatic carbocycles. The first-order valence-corrected chi connectivity index (χ1v) is 11.1. The summed E-state index contributed by atoms with van der Waals surface area (Å²) in [5, 5.41) is 7.00. The molecule has 6 heteroatoms. The number of hydrogen-bond acceptors (Lipinski definition) is 3. The molecule has 2 N–H and O–H groups in total. The smallest absolute Gasteiger partial charge is 0.191 e. The third-order valence-electron chi connectivity index (χ3n) is 6.13. The van der Waals surface area contributed by atoms with E-state index in [1.54, 1.807) is 0 Å². The van der Waals surface area contributed by atoms with E-state index >= 15 is 0 Å². The van der Waals surface area contributed by atoms with Gasteiger partial charge in [-0.05, 0) is 43.2 Å². The van der Waals surface area contributed by atoms with Gasteiger partial charge < -0.3 is 20.3 Å². The molecule has 1 aliphatic heterocycles. The fourth-order valence-electron chi connectivity index (χ4n) is 4.49. The molecule has 5 nitrogen and oxygen atoms in total. The molecular formula is C23H39IN4O. The molecule has 1 aromatic rings. The van der Waals surface area contributed by atoms with E-state index in [1.165, 1.54) is 57.2 Å². The number of nitrogens with zero attached hydrogens (tertiary/aromatic N) is 2. The minimum absolute atomic E-state index is 0. The fourth-order valence-corrected chi connectivity index (χ4v) is 4.49. The maximum Gasteiger partial charge on any atom is 0.191 e. The molecule has 0 radical (unpaired) electrons. The first-order chi connectivity index (χ1) is 13.7. The number of para-hydroxylation sites is 1. The van der Waals surface area contributed by atoms with Crippen LogP contribution in [0.1, 0.15) is 63.9 Å². The van der Waals surface area contributed by atoms with Crippen molar-refractivity contribution in [1.82, 2.24) is 15.5 Å². The van der Waals surface area contributed by atoms with Crippen molar-refractivity contribution < 1.29 is 4.74 Å². The summed E-state index contributed by atoms with van der Waals surface area (Å²) in [4.78, 5) is 7.10. The van der Waals surface area contributed by atoms with Gasteiger partial charge in [0.1, 0.15) is 12.4 Å². The molecule has 2 fully saturated rings. The highest BCUT2D eigenvalue weighted by molar-refractivity contribution is 14.0. The second kappa shape index (κ2) is 12.6. The van der Waals surface area contributed by atoms with Crippen molar-refractivity contribution in [3.63, 3.8) is 0 Å². The Hall–Kier alpha value is -1.02. The highest BCUT2D eigenvalue weighted by Crippen LogP contribution is 2.26. The van der Waals surface area contributed by atoms with Crippen LogP contribution in [0.3, 0.4) is 0 Å². The van der Waals surface area contributed by atoms with E-state index in [-0.39, 0.29) is 24.0 Å². The standard InChI is InChI=1S/C23H38N4O.HI/c1-18(2)21-10-6-7-11-22(21)28-17-14-25-23(24-3)26-19-12-15-27(16-13-19)20-8-4-5-9-20;/h6-7,10-11,18-20H,4-5,8-9,12-17H2,1-3H3,(H2,24,25,26);1H. The lowest BCUT2D eigenvalue weighted by molar-refractivity contribution is 0.150. The predicted molar refractivity (Wildman–Crippen MR) is 133 cm³/mol. The summed E-state index contributed by atoms with van der Waals surface area (Å²) in [5.41, 5.74) is 1.26. The molecule has 1 aromatic carbocycles. The van der Waals surface area contributed by atoms with Crippen LogP contribution in [0.5, 0.6) is 5.75 Å². The van der Waals surface area contributed by atoms with Gasteiger partial charge in [-0.2, -0.15) is 0 Å². The molecule has 1 heterocycles. The lowest BCUT2D eigenvalue weighted by atomic mass is 10.0. The van der Waals surface area contributed by atoms with Gasteiger partial charge in [0, 0.05) is 32.2 Å². The predicted octanol–water partition coefficient (Wildman–Crippen LogP) is 4.38. The second-order valence-corrected chi connectivity index (χ2v) is 8.43. The zero-order chi connectivity index (χ0) is 19.8. The molecule has 29 heavy (non-hydrogen) atoms. The summed E-state index contributed by atoms with van der Waals surface area (Å²) in [6.07, 6.45) is 8.06. The van der Waals surface area contributed by atoms with Gasteiger partial charge in [0.2, 0.25) is 0 Å². The van der Waals surface area contributed by atoms with E-state index in [0.717, 1.165) is 24.3 Å². The average molecular weight is 514 g/mol. The SMILES string of the molecule is CN=C(NCCOc1ccccc1C(C)C)NC1CCN(C2CCCC2)CC1.I. The molecule has 0 amide bonds. The number of guanidine groups is 1. The second-order valence-electron chi connectivity index (χ2n) is 8.43. The van der Waals surface area contributed by atoms with E-state index in [2.05, 4.69) is 52.6 Å². The van der Waals surface area contributed by atoms with Crippen molar-refractivity contribution in [2.75, 3.05) is 33.3 Å². The van der Waals surface area contributed by atoms with Crippen LogP contribution in [0.25, 0.3) is 0 Å². The molecular weight excluding hydrogens is 475 g/mol. The normalized spacial score (nSPS) is 19.2. The average Bonchev–Trinajstić information content (AvgIpc) is 3.26. The van der Waals surface area contributed by atoms with Gasteiger partial charge in [0.15, 0.2) is 5.96 Å². The molecule has 0 aromatic heterocycles. The Morgan fingerprint density at radius 1 is 1.14 bits per heavy atom. The highest BCUT2D eigenvalue weighted by atomic mass is 127. The van der Waals surface area contributed by atoms with Gasteiger partial charge in [-0.3, -0.25) is 4.99 Å². The fraction of sp³-hybridized carbons (Fsp3) is 0.696. The van der Waals surface area contributed by atoms with E-state index in [1.807, 2.05) is 13.1 Å². The van der Waals surface area contributed by atoms with Gasteiger partial charge in [-0.25, -0.2) is 0 Å². The van der Waals surface area contributed by atoms with Crippen LogP contribution in [-0.4, -0.2) is 56.2 Å². The Morgan fingerprint density at radius 2 is 1.83 bits per heavy atom. The first kappa shape index (κ1) is 24.3. The van der Waals surface area contributed by atoms with E-state index in [0.29, 0.717) is 18.6 Å². The van der Waals surface area contributed by atoms with Crippen LogP contribution in [0, 0.1) is 0 Å². The number of nitrogens with one attached hydrogen (secondary N) is 2. The van der Waals surface area contributed by atoms with E-state index in [4.69, 9.17) is 4.74 Å². The topological polar surface area (TPSA) is 48.9 Å². The maximum absolute atomic E-state index is 6.00. The molecule has 1 saturated heterocycles. The zero-order valence-corrected chi connectivity index (χ0v) is 20.7. The Labute approximate surface area is 194 Å². The first-order valence-electron chi connectivity index (χ1n) is 11.1. The number of halogens is 1. The van der Waals surface area contributed by atoms with Crippen molar-refractivity contribution in [3.8, 4) is 5.75 Å². The van der Waals surface area contributed by atoms with Crippen molar-refractivity contribution in [2.45, 2.75) is 70.4 Å². The Bertz CT molecular complexity index is 623. The number of ether oxygens (including phenoxy) is 1. The minimum Gasteiger partial charge on any atom is -0.491 e. The van der Waals surface area contributed by atoms with E-state index < -0.39 is 0 Å². The largest absolute Gasteiger partial charge is 0.491 e. The summed E-state index contributed by atoms with van der Waals surface area (Å²) in [7, 11) is 1.85. The number of aliphatic imine (C=N–C) groups is 1. The third kappa shape index (κ3) is 7.31. The van der Waals surface area contributed by atoms with Crippen LogP contribution < -0.4 is 15.4 Å². The van der Waals surface area contributed by atoms with Crippen molar-refractivity contribution in [2.24, 2.45) is 4.99 Å². The Kier molecular flexibility index (Phi) is 10.6. The number of hydrogen-bond donors (Lipinski definition) is 2. The van der Waals surface area contributed by atoms with Crippen LogP contribution in [0.2, 0.25) is 0 Å². The number of rotatable bonds is 7. The third-order valence-corrected chi connectivity index (χ3v) is 6.13. The highest BCUT2D eigenvalue weighted by Gasteiger charge is 2.27. The van der Waals surface area contributed by atoms with Crippen LogP contribution in [0.15, 0.2) is 29.3 Å².